The van der Waals surface area contributed by atoms with Gasteiger partial charge in [0, 0.05) is 6.07 Å². The van der Waals surface area contributed by atoms with Crippen molar-refractivity contribution in [2.24, 2.45) is 0 Å². The van der Waals surface area contributed by atoms with Crippen LogP contribution in [0.2, 0.25) is 0 Å². The second-order valence-corrected chi connectivity index (χ2v) is 6.56. The van der Waals surface area contributed by atoms with Gasteiger partial charge in [-0.2, -0.15) is 9.78 Å². The molecule has 26 heavy (non-hydrogen) atoms. The second-order valence-electron chi connectivity index (χ2n) is 6.56. The highest BCUT2D eigenvalue weighted by atomic mass is 16.2. The number of rotatable bonds is 4. The summed E-state index contributed by atoms with van der Waals surface area (Å²) in [4.78, 5) is 25.0. The van der Waals surface area contributed by atoms with Crippen LogP contribution in [0.3, 0.4) is 0 Å². The molecular formula is C21H19N3O2. The third-order valence-electron chi connectivity index (χ3n) is 4.92. The number of carbonyl (C=O) groups excluding carboxylic acids is 1. The first-order valence-corrected chi connectivity index (χ1v) is 8.72. The fraction of sp³-hybridized carbons (Fsp3) is 0.190. The Morgan fingerprint density at radius 1 is 0.923 bits per heavy atom. The molecule has 5 heteroatoms. The summed E-state index contributed by atoms with van der Waals surface area (Å²) in [6.45, 7) is 0. The van der Waals surface area contributed by atoms with Crippen LogP contribution in [0.5, 0.6) is 0 Å². The summed E-state index contributed by atoms with van der Waals surface area (Å²) in [5.41, 5.74) is 1.36. The molecule has 130 valence electrons. The van der Waals surface area contributed by atoms with Crippen LogP contribution >= 0.6 is 0 Å². The van der Waals surface area contributed by atoms with Gasteiger partial charge in [-0.05, 0) is 43.0 Å². The molecule has 0 unspecified atom stereocenters. The Kier molecular flexibility index (Phi) is 4.13. The molecular weight excluding hydrogens is 326 g/mol. The summed E-state index contributed by atoms with van der Waals surface area (Å²) in [6, 6.07) is 22.0. The van der Waals surface area contributed by atoms with E-state index in [1.807, 2.05) is 48.5 Å². The zero-order valence-electron chi connectivity index (χ0n) is 14.3. The first-order valence-electron chi connectivity index (χ1n) is 8.72. The van der Waals surface area contributed by atoms with E-state index in [9.17, 15) is 9.59 Å². The highest BCUT2D eigenvalue weighted by Gasteiger charge is 2.40. The van der Waals surface area contributed by atoms with E-state index in [1.165, 1.54) is 16.8 Å². The van der Waals surface area contributed by atoms with Gasteiger partial charge in [0.1, 0.15) is 5.69 Å². The Bertz CT molecular complexity index is 977. The number of nitrogens with zero attached hydrogens (tertiary/aromatic N) is 2. The number of para-hydroxylation sites is 1. The number of hydrogen-bond acceptors (Lipinski definition) is 3. The smallest absolute Gasteiger partial charge is 0.272 e. The maximum absolute atomic E-state index is 12.8. The predicted molar refractivity (Wildman–Crippen MR) is 99.3 cm³/mol. The zero-order chi connectivity index (χ0) is 18.0. The molecule has 1 fully saturated rings. The minimum absolute atomic E-state index is 0.232. The fourth-order valence-electron chi connectivity index (χ4n) is 3.34. The van der Waals surface area contributed by atoms with Crippen molar-refractivity contribution in [1.82, 2.24) is 15.1 Å². The molecule has 1 heterocycles. The molecule has 3 aromatic rings. The molecule has 1 aliphatic carbocycles. The van der Waals surface area contributed by atoms with Crippen molar-refractivity contribution < 1.29 is 4.79 Å². The van der Waals surface area contributed by atoms with E-state index in [0.717, 1.165) is 24.8 Å². The summed E-state index contributed by atoms with van der Waals surface area (Å²) in [6.07, 6.45) is 2.88. The SMILES string of the molecule is O=C(NC1(c2ccccc2)CCC1)c1ccc(=O)n(-c2ccccc2)n1. The van der Waals surface area contributed by atoms with Crippen molar-refractivity contribution in [3.8, 4) is 5.69 Å². The van der Waals surface area contributed by atoms with Gasteiger partial charge in [0.25, 0.3) is 11.5 Å². The van der Waals surface area contributed by atoms with E-state index >= 15 is 0 Å². The molecule has 4 rings (SSSR count). The number of hydrogen-bond donors (Lipinski definition) is 1. The largest absolute Gasteiger partial charge is 0.341 e. The number of benzene rings is 2. The van der Waals surface area contributed by atoms with Gasteiger partial charge < -0.3 is 5.32 Å². The van der Waals surface area contributed by atoms with Crippen molar-refractivity contribution in [2.45, 2.75) is 24.8 Å². The molecule has 0 aliphatic heterocycles. The summed E-state index contributed by atoms with van der Waals surface area (Å²) in [5.74, 6) is -0.266. The van der Waals surface area contributed by atoms with Crippen LogP contribution in [0, 0.1) is 0 Å². The second kappa shape index (κ2) is 6.59. The molecule has 0 saturated heterocycles. The van der Waals surface area contributed by atoms with Crippen LogP contribution in [-0.2, 0) is 5.54 Å². The molecule has 5 nitrogen and oxygen atoms in total. The predicted octanol–water partition coefficient (Wildman–Crippen LogP) is 3.04. The average Bonchev–Trinajstić information content (AvgIpc) is 2.66. The van der Waals surface area contributed by atoms with Gasteiger partial charge in [0.05, 0.1) is 11.2 Å². The van der Waals surface area contributed by atoms with Gasteiger partial charge in [-0.3, -0.25) is 9.59 Å². The van der Waals surface area contributed by atoms with Crippen molar-refractivity contribution >= 4 is 5.91 Å². The minimum Gasteiger partial charge on any atom is -0.341 e. The van der Waals surface area contributed by atoms with E-state index in [2.05, 4.69) is 10.4 Å². The average molecular weight is 345 g/mol. The molecule has 1 amide bonds. The Morgan fingerprint density at radius 3 is 2.19 bits per heavy atom. The van der Waals surface area contributed by atoms with Crippen LogP contribution in [0.1, 0.15) is 35.3 Å². The Hall–Kier alpha value is -3.21. The summed E-state index contributed by atoms with van der Waals surface area (Å²) in [7, 11) is 0. The highest BCUT2D eigenvalue weighted by Crippen LogP contribution is 2.41. The van der Waals surface area contributed by atoms with Crippen LogP contribution in [0.25, 0.3) is 5.69 Å². The molecule has 0 bridgehead atoms. The van der Waals surface area contributed by atoms with Crippen LogP contribution in [0.4, 0.5) is 0 Å². The lowest BCUT2D eigenvalue weighted by molar-refractivity contribution is 0.0816. The molecule has 1 aliphatic rings. The lowest BCUT2D eigenvalue weighted by atomic mass is 9.71. The van der Waals surface area contributed by atoms with E-state index in [1.54, 1.807) is 12.1 Å². The third-order valence-corrected chi connectivity index (χ3v) is 4.92. The van der Waals surface area contributed by atoms with E-state index < -0.39 is 0 Å². The van der Waals surface area contributed by atoms with Crippen molar-refractivity contribution in [3.63, 3.8) is 0 Å². The number of nitrogens with one attached hydrogen (secondary N) is 1. The number of carbonyl (C=O) groups is 1. The third kappa shape index (κ3) is 2.92. The topological polar surface area (TPSA) is 64.0 Å². The first-order chi connectivity index (χ1) is 12.7. The van der Waals surface area contributed by atoms with Gasteiger partial charge in [-0.15, -0.1) is 0 Å². The van der Waals surface area contributed by atoms with Crippen molar-refractivity contribution in [2.75, 3.05) is 0 Å². The van der Waals surface area contributed by atoms with E-state index in [4.69, 9.17) is 0 Å². The molecule has 0 atom stereocenters. The maximum atomic E-state index is 12.8. The Labute approximate surface area is 151 Å². The standard InChI is InChI=1S/C21H19N3O2/c25-19-13-12-18(23-24(19)17-10-5-2-6-11-17)20(26)22-21(14-7-15-21)16-8-3-1-4-9-16/h1-6,8-13H,7,14-15H2,(H,22,26). The summed E-state index contributed by atoms with van der Waals surface area (Å²) >= 11 is 0. The maximum Gasteiger partial charge on any atom is 0.272 e. The molecule has 2 aromatic carbocycles. The lowest BCUT2D eigenvalue weighted by Gasteiger charge is -2.43. The Balaban J connectivity index is 1.64. The monoisotopic (exact) mass is 345 g/mol. The van der Waals surface area contributed by atoms with Gasteiger partial charge in [-0.25, -0.2) is 0 Å². The quantitative estimate of drug-likeness (QED) is 0.790. The minimum atomic E-state index is -0.340. The first kappa shape index (κ1) is 16.3. The van der Waals surface area contributed by atoms with Crippen molar-refractivity contribution in [3.05, 3.63) is 94.4 Å². The molecule has 1 N–H and O–H groups in total. The van der Waals surface area contributed by atoms with Gasteiger partial charge in [-0.1, -0.05) is 48.5 Å². The van der Waals surface area contributed by atoms with Crippen LogP contribution in [-0.4, -0.2) is 15.7 Å². The molecule has 0 spiro atoms. The van der Waals surface area contributed by atoms with Crippen molar-refractivity contribution in [1.29, 1.82) is 0 Å². The van der Waals surface area contributed by atoms with E-state index in [-0.39, 0.29) is 22.7 Å². The number of aromatic nitrogens is 2. The summed E-state index contributed by atoms with van der Waals surface area (Å²) in [5, 5.41) is 7.41. The number of amides is 1. The van der Waals surface area contributed by atoms with Crippen LogP contribution in [0.15, 0.2) is 77.6 Å². The summed E-state index contributed by atoms with van der Waals surface area (Å²) < 4.78 is 1.25. The van der Waals surface area contributed by atoms with Gasteiger partial charge in [0.2, 0.25) is 0 Å². The van der Waals surface area contributed by atoms with Gasteiger partial charge in [0.15, 0.2) is 0 Å². The normalized spacial score (nSPS) is 15.1. The lowest BCUT2D eigenvalue weighted by Crippen LogP contribution is -2.51. The molecule has 0 radical (unpaired) electrons. The molecule has 1 saturated carbocycles. The zero-order valence-corrected chi connectivity index (χ0v) is 14.3. The Morgan fingerprint density at radius 2 is 1.58 bits per heavy atom. The van der Waals surface area contributed by atoms with E-state index in [0.29, 0.717) is 5.69 Å². The highest BCUT2D eigenvalue weighted by molar-refractivity contribution is 5.92. The fourth-order valence-corrected chi connectivity index (χ4v) is 3.34. The van der Waals surface area contributed by atoms with Gasteiger partial charge >= 0.3 is 0 Å². The molecule has 1 aromatic heterocycles. The van der Waals surface area contributed by atoms with Crippen LogP contribution < -0.4 is 10.9 Å².